The summed E-state index contributed by atoms with van der Waals surface area (Å²) in [6, 6.07) is -0.805. The highest BCUT2D eigenvalue weighted by molar-refractivity contribution is 7.45. The quantitative estimate of drug-likeness (QED) is 0.0273. The second kappa shape index (κ2) is 42.3. The summed E-state index contributed by atoms with van der Waals surface area (Å²) in [5, 5.41) is 14.0. The summed E-state index contributed by atoms with van der Waals surface area (Å²) < 4.78 is 23.3. The first-order valence-electron chi connectivity index (χ1n) is 25.2. The van der Waals surface area contributed by atoms with E-state index in [2.05, 4.69) is 43.5 Å². The van der Waals surface area contributed by atoms with Gasteiger partial charge in [0.2, 0.25) is 5.91 Å². The van der Waals surface area contributed by atoms with Gasteiger partial charge >= 0.3 is 0 Å². The molecule has 9 heteroatoms. The van der Waals surface area contributed by atoms with E-state index in [1.54, 1.807) is 0 Å². The van der Waals surface area contributed by atoms with E-state index >= 15 is 0 Å². The summed E-state index contributed by atoms with van der Waals surface area (Å²) in [6.45, 7) is 4.70. The summed E-state index contributed by atoms with van der Waals surface area (Å²) >= 11 is 0. The van der Waals surface area contributed by atoms with Crippen LogP contribution in [0.1, 0.15) is 239 Å². The zero-order chi connectivity index (χ0) is 43.6. The molecule has 8 nitrogen and oxygen atoms in total. The van der Waals surface area contributed by atoms with Crippen LogP contribution in [-0.4, -0.2) is 68.5 Å². The Morgan fingerprint density at radius 3 is 1.41 bits per heavy atom. The van der Waals surface area contributed by atoms with Crippen LogP contribution in [-0.2, 0) is 18.4 Å². The van der Waals surface area contributed by atoms with Gasteiger partial charge in [0, 0.05) is 6.42 Å². The van der Waals surface area contributed by atoms with Gasteiger partial charge in [-0.25, -0.2) is 0 Å². The number of phosphoric acid groups is 1. The smallest absolute Gasteiger partial charge is 0.268 e. The first-order valence-corrected chi connectivity index (χ1v) is 26.7. The van der Waals surface area contributed by atoms with Crippen molar-refractivity contribution in [2.45, 2.75) is 251 Å². The van der Waals surface area contributed by atoms with Crippen molar-refractivity contribution in [1.82, 2.24) is 5.32 Å². The van der Waals surface area contributed by atoms with Crippen molar-refractivity contribution in [3.05, 3.63) is 24.3 Å². The molecule has 59 heavy (non-hydrogen) atoms. The van der Waals surface area contributed by atoms with E-state index in [9.17, 15) is 19.4 Å². The Morgan fingerprint density at radius 1 is 0.593 bits per heavy atom. The van der Waals surface area contributed by atoms with Gasteiger partial charge in [-0.15, -0.1) is 0 Å². The van der Waals surface area contributed by atoms with Crippen molar-refractivity contribution < 1.29 is 32.9 Å². The number of carbonyl (C=O) groups is 1. The van der Waals surface area contributed by atoms with E-state index in [0.29, 0.717) is 23.9 Å². The Bertz CT molecular complexity index is 1020. The molecule has 1 amide bonds. The maximum atomic E-state index is 12.9. The number of carbonyl (C=O) groups excluding carboxylic acids is 1. The topological polar surface area (TPSA) is 108 Å². The maximum absolute atomic E-state index is 12.9. The molecular formula is C50H99N2O6P. The van der Waals surface area contributed by atoms with E-state index < -0.39 is 20.0 Å². The summed E-state index contributed by atoms with van der Waals surface area (Å²) in [7, 11) is 1.30. The van der Waals surface area contributed by atoms with Gasteiger partial charge in [-0.05, 0) is 38.5 Å². The summed E-state index contributed by atoms with van der Waals surface area (Å²) in [5.74, 6) is -0.175. The highest BCUT2D eigenvalue weighted by Gasteiger charge is 2.24. The molecule has 0 fully saturated rings. The number of aliphatic hydroxyl groups is 1. The van der Waals surface area contributed by atoms with Gasteiger partial charge in [-0.2, -0.15) is 0 Å². The van der Waals surface area contributed by atoms with E-state index in [1.807, 2.05) is 21.1 Å². The monoisotopic (exact) mass is 855 g/mol. The van der Waals surface area contributed by atoms with Crippen LogP contribution in [0.5, 0.6) is 0 Å². The van der Waals surface area contributed by atoms with Gasteiger partial charge in [-0.1, -0.05) is 218 Å². The largest absolute Gasteiger partial charge is 0.756 e. The van der Waals surface area contributed by atoms with Crippen molar-refractivity contribution in [3.8, 4) is 0 Å². The first kappa shape index (κ1) is 58.0. The Kier molecular flexibility index (Phi) is 41.6. The number of rotatable bonds is 46. The van der Waals surface area contributed by atoms with Crippen LogP contribution in [0.3, 0.4) is 0 Å². The number of phosphoric ester groups is 1. The molecule has 3 unspecified atom stereocenters. The fraction of sp³-hybridized carbons (Fsp3) is 0.900. The molecule has 0 aromatic carbocycles. The average molecular weight is 855 g/mol. The molecule has 0 bridgehead atoms. The summed E-state index contributed by atoms with van der Waals surface area (Å²) in [6.07, 6.45) is 50.4. The third kappa shape index (κ3) is 44.8. The second-order valence-corrected chi connectivity index (χ2v) is 20.0. The van der Waals surface area contributed by atoms with E-state index in [0.717, 1.165) is 51.4 Å². The first-order chi connectivity index (χ1) is 28.5. The van der Waals surface area contributed by atoms with Crippen LogP contribution in [0.2, 0.25) is 0 Å². The molecule has 0 aliphatic heterocycles. The molecule has 0 radical (unpaired) electrons. The highest BCUT2D eigenvalue weighted by atomic mass is 31.2. The van der Waals surface area contributed by atoms with Crippen molar-refractivity contribution in [2.24, 2.45) is 0 Å². The number of aliphatic hydroxyl groups excluding tert-OH is 1. The van der Waals surface area contributed by atoms with Crippen LogP contribution >= 0.6 is 7.82 Å². The zero-order valence-electron chi connectivity index (χ0n) is 39.7. The predicted octanol–water partition coefficient (Wildman–Crippen LogP) is 13.8. The van der Waals surface area contributed by atoms with Gasteiger partial charge in [0.05, 0.1) is 39.9 Å². The van der Waals surface area contributed by atoms with E-state index in [1.165, 1.54) is 161 Å². The number of nitrogens with one attached hydrogen (secondary N) is 1. The Hall–Kier alpha value is -1.02. The standard InChI is InChI=1S/C50H99N2O6P/c1-6-8-10-12-14-16-18-20-22-23-24-25-26-27-28-30-31-33-35-37-39-41-43-49(53)48(47-58-59(55,56)57-46-45-52(3,4)5)51-50(54)44-42-40-38-36-34-32-29-21-19-17-15-13-11-9-7-2/h15,17,19,21,48-49,53H,6-14,16,18,20,22-47H2,1-5H3,(H-,51,54,55,56)/b17-15-,21-19-. The number of unbranched alkanes of at least 4 members (excludes halogenated alkanes) is 30. The molecular weight excluding hydrogens is 756 g/mol. The number of quaternary nitrogens is 1. The normalized spacial score (nSPS) is 14.4. The van der Waals surface area contributed by atoms with Crippen LogP contribution in [0.15, 0.2) is 24.3 Å². The van der Waals surface area contributed by atoms with Crippen LogP contribution in [0, 0.1) is 0 Å². The Labute approximate surface area is 366 Å². The summed E-state index contributed by atoms with van der Waals surface area (Å²) in [4.78, 5) is 25.4. The lowest BCUT2D eigenvalue weighted by molar-refractivity contribution is -0.870. The molecule has 0 aromatic heterocycles. The van der Waals surface area contributed by atoms with Gasteiger partial charge in [-0.3, -0.25) is 9.36 Å². The number of allylic oxidation sites excluding steroid dienone is 4. The molecule has 3 atom stereocenters. The number of likely N-dealkylation sites (N-methyl/N-ethyl adjacent to an activating group) is 1. The molecule has 350 valence electrons. The molecule has 0 heterocycles. The highest BCUT2D eigenvalue weighted by Crippen LogP contribution is 2.38. The minimum absolute atomic E-state index is 0.0105. The van der Waals surface area contributed by atoms with Gasteiger partial charge in [0.15, 0.2) is 0 Å². The van der Waals surface area contributed by atoms with E-state index in [4.69, 9.17) is 9.05 Å². The SMILES string of the molecule is CCCCC/C=C\C=C/CCCCCCCCC(=O)NC(COP(=O)([O-])OCC[N+](C)(C)C)C(O)CCCCCCCCCCCCCCCCCCCCCCCC. The molecule has 0 saturated carbocycles. The van der Waals surface area contributed by atoms with Gasteiger partial charge in [0.25, 0.3) is 7.82 Å². The molecule has 0 saturated heterocycles. The van der Waals surface area contributed by atoms with Crippen molar-refractivity contribution in [3.63, 3.8) is 0 Å². The van der Waals surface area contributed by atoms with Gasteiger partial charge in [0.1, 0.15) is 13.2 Å². The van der Waals surface area contributed by atoms with Crippen LogP contribution in [0.4, 0.5) is 0 Å². The summed E-state index contributed by atoms with van der Waals surface area (Å²) in [5.41, 5.74) is 0. The van der Waals surface area contributed by atoms with Crippen molar-refractivity contribution in [1.29, 1.82) is 0 Å². The van der Waals surface area contributed by atoms with E-state index in [-0.39, 0.29) is 19.1 Å². The lowest BCUT2D eigenvalue weighted by Gasteiger charge is -2.30. The molecule has 2 N–H and O–H groups in total. The molecule has 0 aliphatic rings. The fourth-order valence-electron chi connectivity index (χ4n) is 7.44. The molecule has 0 spiro atoms. The molecule has 0 aromatic rings. The second-order valence-electron chi connectivity index (χ2n) is 18.6. The fourth-order valence-corrected chi connectivity index (χ4v) is 8.17. The Balaban J connectivity index is 4.25. The minimum atomic E-state index is -4.57. The van der Waals surface area contributed by atoms with Crippen molar-refractivity contribution in [2.75, 3.05) is 40.9 Å². The van der Waals surface area contributed by atoms with Crippen molar-refractivity contribution >= 4 is 13.7 Å². The lowest BCUT2D eigenvalue weighted by Crippen LogP contribution is -2.46. The third-order valence-corrected chi connectivity index (χ3v) is 12.4. The van der Waals surface area contributed by atoms with Crippen LogP contribution < -0.4 is 10.2 Å². The molecule has 0 aliphatic carbocycles. The number of amides is 1. The average Bonchev–Trinajstić information content (AvgIpc) is 3.19. The third-order valence-electron chi connectivity index (χ3n) is 11.5. The number of hydrogen-bond acceptors (Lipinski definition) is 6. The Morgan fingerprint density at radius 2 is 0.966 bits per heavy atom. The lowest BCUT2D eigenvalue weighted by atomic mass is 10.0. The predicted molar refractivity (Wildman–Crippen MR) is 252 cm³/mol. The number of nitrogens with zero attached hydrogens (tertiary/aromatic N) is 1. The minimum Gasteiger partial charge on any atom is -0.756 e. The zero-order valence-corrected chi connectivity index (χ0v) is 40.6. The maximum Gasteiger partial charge on any atom is 0.268 e. The van der Waals surface area contributed by atoms with Gasteiger partial charge < -0.3 is 28.8 Å². The molecule has 0 rings (SSSR count). The van der Waals surface area contributed by atoms with Crippen LogP contribution in [0.25, 0.3) is 0 Å². The number of hydrogen-bond donors (Lipinski definition) is 2.